The standard InChI is InChI=1S/C13H22BrN3O2S/c1-6-15-13-12(7-11(14)8-16-13)20(18,19)17(5)10(4)9(2)3/h7-10H,6H2,1-5H3,(H,15,16). The van der Waals surface area contributed by atoms with Gasteiger partial charge in [-0.1, -0.05) is 13.8 Å². The van der Waals surface area contributed by atoms with Crippen molar-refractivity contribution in [1.29, 1.82) is 0 Å². The number of aromatic nitrogens is 1. The van der Waals surface area contributed by atoms with Crippen molar-refractivity contribution in [1.82, 2.24) is 9.29 Å². The number of nitrogens with zero attached hydrogens (tertiary/aromatic N) is 2. The fourth-order valence-corrected chi connectivity index (χ4v) is 3.83. The molecular weight excluding hydrogens is 342 g/mol. The molecule has 1 aromatic rings. The number of hydrogen-bond donors (Lipinski definition) is 1. The molecule has 20 heavy (non-hydrogen) atoms. The van der Waals surface area contributed by atoms with Crippen LogP contribution in [0.2, 0.25) is 0 Å². The summed E-state index contributed by atoms with van der Waals surface area (Å²) in [5.41, 5.74) is 0. The van der Waals surface area contributed by atoms with E-state index in [1.807, 2.05) is 27.7 Å². The molecule has 0 aliphatic carbocycles. The minimum absolute atomic E-state index is 0.0894. The predicted octanol–water partition coefficient (Wildman–Crippen LogP) is 2.94. The van der Waals surface area contributed by atoms with Gasteiger partial charge in [0.1, 0.15) is 10.7 Å². The zero-order valence-corrected chi connectivity index (χ0v) is 14.9. The Balaban J connectivity index is 3.30. The molecule has 1 heterocycles. The molecule has 0 aromatic carbocycles. The molecule has 0 spiro atoms. The lowest BCUT2D eigenvalue weighted by atomic mass is 10.1. The number of halogens is 1. The smallest absolute Gasteiger partial charge is 0.246 e. The molecule has 1 aromatic heterocycles. The van der Waals surface area contributed by atoms with Crippen LogP contribution in [0.5, 0.6) is 0 Å². The van der Waals surface area contributed by atoms with Crippen LogP contribution in [0, 0.1) is 5.92 Å². The summed E-state index contributed by atoms with van der Waals surface area (Å²) in [5, 5.41) is 2.99. The summed E-state index contributed by atoms with van der Waals surface area (Å²) in [6, 6.07) is 1.50. The van der Waals surface area contributed by atoms with E-state index in [4.69, 9.17) is 0 Å². The Bertz CT molecular complexity index is 561. The first-order valence-electron chi connectivity index (χ1n) is 6.59. The highest BCUT2D eigenvalue weighted by Gasteiger charge is 2.29. The van der Waals surface area contributed by atoms with Gasteiger partial charge in [0.2, 0.25) is 10.0 Å². The summed E-state index contributed by atoms with van der Waals surface area (Å²) in [6.07, 6.45) is 1.59. The van der Waals surface area contributed by atoms with Crippen molar-refractivity contribution in [2.45, 2.75) is 38.6 Å². The van der Waals surface area contributed by atoms with Gasteiger partial charge in [-0.25, -0.2) is 13.4 Å². The van der Waals surface area contributed by atoms with E-state index >= 15 is 0 Å². The van der Waals surface area contributed by atoms with Crippen LogP contribution in [0.1, 0.15) is 27.7 Å². The van der Waals surface area contributed by atoms with E-state index in [0.29, 0.717) is 16.8 Å². The lowest BCUT2D eigenvalue weighted by molar-refractivity contribution is 0.316. The van der Waals surface area contributed by atoms with Crippen molar-refractivity contribution in [3.8, 4) is 0 Å². The average molecular weight is 364 g/mol. The van der Waals surface area contributed by atoms with Gasteiger partial charge in [-0.05, 0) is 41.8 Å². The van der Waals surface area contributed by atoms with Crippen LogP contribution in [0.3, 0.4) is 0 Å². The van der Waals surface area contributed by atoms with Gasteiger partial charge >= 0.3 is 0 Å². The fraction of sp³-hybridized carbons (Fsp3) is 0.615. The van der Waals surface area contributed by atoms with Crippen molar-refractivity contribution in [2.75, 3.05) is 18.9 Å². The van der Waals surface area contributed by atoms with Crippen LogP contribution in [0.15, 0.2) is 21.6 Å². The van der Waals surface area contributed by atoms with E-state index in [9.17, 15) is 8.42 Å². The maximum atomic E-state index is 12.8. The number of hydrogen-bond acceptors (Lipinski definition) is 4. The van der Waals surface area contributed by atoms with Crippen LogP contribution >= 0.6 is 15.9 Å². The highest BCUT2D eigenvalue weighted by molar-refractivity contribution is 9.10. The van der Waals surface area contributed by atoms with Gasteiger partial charge in [-0.3, -0.25) is 0 Å². The van der Waals surface area contributed by atoms with E-state index in [1.165, 1.54) is 4.31 Å². The lowest BCUT2D eigenvalue weighted by Crippen LogP contribution is -2.38. The van der Waals surface area contributed by atoms with Crippen molar-refractivity contribution in [3.63, 3.8) is 0 Å². The molecule has 0 saturated carbocycles. The topological polar surface area (TPSA) is 62.3 Å². The number of sulfonamides is 1. The molecule has 0 radical (unpaired) electrons. The fourth-order valence-electron chi connectivity index (χ4n) is 1.71. The summed E-state index contributed by atoms with van der Waals surface area (Å²) >= 11 is 3.28. The molecule has 1 atom stereocenters. The molecule has 0 saturated heterocycles. The normalized spacial score (nSPS) is 13.8. The largest absolute Gasteiger partial charge is 0.369 e. The molecule has 1 rings (SSSR count). The molecule has 7 heteroatoms. The van der Waals surface area contributed by atoms with Gasteiger partial charge in [0.25, 0.3) is 0 Å². The average Bonchev–Trinajstić information content (AvgIpc) is 2.39. The second-order valence-corrected chi connectivity index (χ2v) is 7.92. The highest BCUT2D eigenvalue weighted by Crippen LogP contribution is 2.27. The Kier molecular flexibility index (Phi) is 5.97. The summed E-state index contributed by atoms with van der Waals surface area (Å²) < 4.78 is 27.5. The maximum absolute atomic E-state index is 12.8. The van der Waals surface area contributed by atoms with Crippen molar-refractivity contribution in [3.05, 3.63) is 16.7 Å². The van der Waals surface area contributed by atoms with Crippen molar-refractivity contribution < 1.29 is 8.42 Å². The first-order valence-corrected chi connectivity index (χ1v) is 8.82. The summed E-state index contributed by atoms with van der Waals surface area (Å²) in [7, 11) is -1.97. The first-order chi connectivity index (χ1) is 9.21. The van der Waals surface area contributed by atoms with Crippen LogP contribution in [-0.2, 0) is 10.0 Å². The lowest BCUT2D eigenvalue weighted by Gasteiger charge is -2.27. The number of nitrogens with one attached hydrogen (secondary N) is 1. The van der Waals surface area contributed by atoms with Crippen molar-refractivity contribution >= 4 is 31.8 Å². The van der Waals surface area contributed by atoms with Crippen LogP contribution in [-0.4, -0.2) is 37.3 Å². The first kappa shape index (κ1) is 17.4. The van der Waals surface area contributed by atoms with Gasteiger partial charge in [0.05, 0.1) is 0 Å². The Hall–Kier alpha value is -0.660. The highest BCUT2D eigenvalue weighted by atomic mass is 79.9. The van der Waals surface area contributed by atoms with Crippen LogP contribution in [0.4, 0.5) is 5.82 Å². The predicted molar refractivity (Wildman–Crippen MR) is 85.3 cm³/mol. The summed E-state index contributed by atoms with van der Waals surface area (Å²) in [4.78, 5) is 4.35. The zero-order chi connectivity index (χ0) is 15.5. The molecule has 1 N–H and O–H groups in total. The molecular formula is C13H22BrN3O2S. The number of rotatable bonds is 6. The van der Waals surface area contributed by atoms with Gasteiger partial charge in [-0.2, -0.15) is 4.31 Å². The Morgan fingerprint density at radius 3 is 2.50 bits per heavy atom. The molecule has 0 fully saturated rings. The van der Waals surface area contributed by atoms with Gasteiger partial charge in [0, 0.05) is 30.3 Å². The molecule has 0 amide bonds. The molecule has 0 aliphatic rings. The SMILES string of the molecule is CCNc1ncc(Br)cc1S(=O)(=O)N(C)C(C)C(C)C. The Morgan fingerprint density at radius 2 is 2.00 bits per heavy atom. The second kappa shape index (κ2) is 6.87. The quantitative estimate of drug-likeness (QED) is 0.843. The van der Waals surface area contributed by atoms with E-state index in [1.54, 1.807) is 19.3 Å². The minimum atomic E-state index is -3.58. The molecule has 5 nitrogen and oxygen atoms in total. The maximum Gasteiger partial charge on any atom is 0.246 e. The van der Waals surface area contributed by atoms with Gasteiger partial charge in [0.15, 0.2) is 0 Å². The van der Waals surface area contributed by atoms with Crippen LogP contribution in [0.25, 0.3) is 0 Å². The molecule has 114 valence electrons. The van der Waals surface area contributed by atoms with Gasteiger partial charge < -0.3 is 5.32 Å². The molecule has 0 aliphatic heterocycles. The molecule has 1 unspecified atom stereocenters. The number of anilines is 1. The minimum Gasteiger partial charge on any atom is -0.369 e. The van der Waals surface area contributed by atoms with E-state index in [0.717, 1.165) is 0 Å². The second-order valence-electron chi connectivity index (χ2n) is 5.04. The summed E-state index contributed by atoms with van der Waals surface area (Å²) in [6.45, 7) is 8.42. The monoisotopic (exact) mass is 363 g/mol. The molecule has 0 bridgehead atoms. The zero-order valence-electron chi connectivity index (χ0n) is 12.5. The van der Waals surface area contributed by atoms with Crippen molar-refractivity contribution in [2.24, 2.45) is 5.92 Å². The van der Waals surface area contributed by atoms with Gasteiger partial charge in [-0.15, -0.1) is 0 Å². The van der Waals surface area contributed by atoms with E-state index < -0.39 is 10.0 Å². The third-order valence-electron chi connectivity index (χ3n) is 3.36. The van der Waals surface area contributed by atoms with E-state index in [-0.39, 0.29) is 16.9 Å². The summed E-state index contributed by atoms with van der Waals surface area (Å²) in [5.74, 6) is 0.621. The number of pyridine rings is 1. The third kappa shape index (κ3) is 3.71. The Labute approximate surface area is 130 Å². The Morgan fingerprint density at radius 1 is 1.40 bits per heavy atom. The third-order valence-corrected chi connectivity index (χ3v) is 5.75. The van der Waals surface area contributed by atoms with E-state index in [2.05, 4.69) is 26.2 Å². The van der Waals surface area contributed by atoms with Crippen LogP contribution < -0.4 is 5.32 Å².